The van der Waals surface area contributed by atoms with E-state index in [0.29, 0.717) is 0 Å². The van der Waals surface area contributed by atoms with Gasteiger partial charge in [0.25, 0.3) is 0 Å². The third-order valence-corrected chi connectivity index (χ3v) is 10.8. The monoisotopic (exact) mass is 631 g/mol. The number of rotatable bonds is 3. The Hall–Kier alpha value is -6.17. The van der Waals surface area contributed by atoms with Gasteiger partial charge in [0.15, 0.2) is 5.13 Å². The maximum Gasteiger partial charge on any atom is 0.195 e. The number of hydrogen-bond acceptors (Lipinski definition) is 3. The molecule has 224 valence electrons. The Morgan fingerprint density at radius 3 is 1.81 bits per heavy atom. The molecule has 0 unspecified atom stereocenters. The molecule has 0 saturated heterocycles. The van der Waals surface area contributed by atoms with Gasteiger partial charge in [-0.25, -0.2) is 4.98 Å². The van der Waals surface area contributed by atoms with Crippen molar-refractivity contribution in [2.24, 2.45) is 0 Å². The van der Waals surface area contributed by atoms with E-state index in [1.165, 1.54) is 38.1 Å². The molecule has 0 fully saturated rings. The molecule has 4 nitrogen and oxygen atoms in total. The zero-order valence-electron chi connectivity index (χ0n) is 25.6. The van der Waals surface area contributed by atoms with Crippen molar-refractivity contribution in [1.29, 1.82) is 0 Å². The Labute approximate surface area is 278 Å². The number of hydrogen-bond donors (Lipinski definition) is 0. The molecule has 0 aliphatic heterocycles. The number of aromatic nitrogens is 3. The third-order valence-electron chi connectivity index (χ3n) is 9.77. The second-order valence-electron chi connectivity index (χ2n) is 12.4. The van der Waals surface area contributed by atoms with E-state index in [9.17, 15) is 0 Å². The Morgan fingerprint density at radius 1 is 0.458 bits per heavy atom. The van der Waals surface area contributed by atoms with Crippen molar-refractivity contribution in [2.75, 3.05) is 0 Å². The van der Waals surface area contributed by atoms with Crippen LogP contribution in [0.3, 0.4) is 0 Å². The first-order valence-corrected chi connectivity index (χ1v) is 17.0. The minimum absolute atomic E-state index is 0.883. The van der Waals surface area contributed by atoms with Gasteiger partial charge in [0.2, 0.25) is 0 Å². The zero-order valence-corrected chi connectivity index (χ0v) is 26.4. The van der Waals surface area contributed by atoms with Gasteiger partial charge >= 0.3 is 0 Å². The molecule has 0 saturated carbocycles. The number of thiazole rings is 1. The Balaban J connectivity index is 1.16. The van der Waals surface area contributed by atoms with Gasteiger partial charge in [0, 0.05) is 38.0 Å². The van der Waals surface area contributed by atoms with Crippen molar-refractivity contribution in [3.8, 4) is 21.9 Å². The summed E-state index contributed by atoms with van der Waals surface area (Å²) >= 11 is 1.73. The molecule has 4 aromatic heterocycles. The van der Waals surface area contributed by atoms with Crippen LogP contribution in [-0.4, -0.2) is 14.1 Å². The van der Waals surface area contributed by atoms with Crippen molar-refractivity contribution in [1.82, 2.24) is 14.1 Å². The molecule has 0 atom stereocenters. The normalized spacial score (nSPS) is 12.2. The Bertz CT molecular complexity index is 3010. The molecule has 7 aromatic carbocycles. The van der Waals surface area contributed by atoms with Gasteiger partial charge in [-0.2, -0.15) is 0 Å². The van der Waals surface area contributed by atoms with Crippen molar-refractivity contribution in [2.45, 2.75) is 0 Å². The van der Waals surface area contributed by atoms with E-state index < -0.39 is 0 Å². The average molecular weight is 632 g/mol. The summed E-state index contributed by atoms with van der Waals surface area (Å²) < 4.78 is 12.3. The molecule has 0 spiro atoms. The summed E-state index contributed by atoms with van der Waals surface area (Å²) in [7, 11) is 0. The second kappa shape index (κ2) is 9.67. The highest BCUT2D eigenvalue weighted by Crippen LogP contribution is 2.42. The minimum atomic E-state index is 0.883. The van der Waals surface area contributed by atoms with Crippen LogP contribution in [0.5, 0.6) is 0 Å². The number of nitrogens with zero attached hydrogens (tertiary/aromatic N) is 3. The molecule has 11 aromatic rings. The van der Waals surface area contributed by atoms with Gasteiger partial charge < -0.3 is 8.98 Å². The molecule has 4 heterocycles. The number of fused-ring (bicyclic) bond motifs is 11. The minimum Gasteiger partial charge on any atom is -0.456 e. The van der Waals surface area contributed by atoms with Gasteiger partial charge in [0.05, 0.1) is 32.3 Å². The van der Waals surface area contributed by atoms with Crippen molar-refractivity contribution < 1.29 is 4.42 Å². The molecular formula is C43H25N3OS. The van der Waals surface area contributed by atoms with Gasteiger partial charge in [-0.15, -0.1) is 0 Å². The number of furan rings is 1. The summed E-state index contributed by atoms with van der Waals surface area (Å²) in [6.45, 7) is 0. The Morgan fingerprint density at radius 2 is 1.08 bits per heavy atom. The zero-order chi connectivity index (χ0) is 31.3. The first-order valence-electron chi connectivity index (χ1n) is 16.1. The van der Waals surface area contributed by atoms with Crippen LogP contribution in [0, 0.1) is 0 Å². The van der Waals surface area contributed by atoms with Gasteiger partial charge in [-0.1, -0.05) is 108 Å². The third kappa shape index (κ3) is 3.56. The van der Waals surface area contributed by atoms with E-state index in [-0.39, 0.29) is 0 Å². The lowest BCUT2D eigenvalue weighted by atomic mass is 10.0. The fraction of sp³-hybridized carbons (Fsp3) is 0. The smallest absolute Gasteiger partial charge is 0.195 e. The summed E-state index contributed by atoms with van der Waals surface area (Å²) in [4.78, 5) is 5.28. The first-order chi connectivity index (χ1) is 23.8. The molecule has 0 radical (unpaired) electrons. The predicted octanol–water partition coefficient (Wildman–Crippen LogP) is 12.1. The Kier molecular flexibility index (Phi) is 5.23. The highest BCUT2D eigenvalue weighted by molar-refractivity contribution is 7.22. The maximum atomic E-state index is 6.46. The van der Waals surface area contributed by atoms with Crippen molar-refractivity contribution in [3.63, 3.8) is 0 Å². The van der Waals surface area contributed by atoms with Crippen LogP contribution in [0.1, 0.15) is 0 Å². The van der Waals surface area contributed by atoms with Crippen molar-refractivity contribution >= 4 is 87.1 Å². The molecule has 0 amide bonds. The van der Waals surface area contributed by atoms with E-state index in [1.807, 2.05) is 6.07 Å². The summed E-state index contributed by atoms with van der Waals surface area (Å²) in [5.41, 5.74) is 10.9. The summed E-state index contributed by atoms with van der Waals surface area (Å²) in [6, 6.07) is 54.0. The van der Waals surface area contributed by atoms with Crippen LogP contribution < -0.4 is 0 Å². The summed E-state index contributed by atoms with van der Waals surface area (Å²) in [6.07, 6.45) is 0. The molecule has 11 rings (SSSR count). The summed E-state index contributed by atoms with van der Waals surface area (Å²) in [5, 5.41) is 8.12. The standard InChI is InChI=1S/C43H25N3OS/c1-2-10-26(11-3-1)27-18-20-33-40(24-27)47-39-23-22-34-42(41(33)39)48-43(44-34)46-37-17-9-6-14-31(37)32-21-19-28(25-38(32)46)45-35-15-7-4-12-29(35)30-13-5-8-16-36(30)45/h1-25H. The quantitative estimate of drug-likeness (QED) is 0.194. The lowest BCUT2D eigenvalue weighted by Crippen LogP contribution is -1.96. The molecule has 0 aliphatic carbocycles. The molecule has 5 heteroatoms. The van der Waals surface area contributed by atoms with Crippen LogP contribution >= 0.6 is 11.3 Å². The highest BCUT2D eigenvalue weighted by atomic mass is 32.1. The van der Waals surface area contributed by atoms with Crippen LogP contribution in [0.15, 0.2) is 156 Å². The second-order valence-corrected chi connectivity index (χ2v) is 13.4. The van der Waals surface area contributed by atoms with Crippen LogP contribution in [-0.2, 0) is 0 Å². The van der Waals surface area contributed by atoms with E-state index in [4.69, 9.17) is 9.40 Å². The number of benzene rings is 7. The lowest BCUT2D eigenvalue weighted by Gasteiger charge is -2.09. The largest absolute Gasteiger partial charge is 0.456 e. The molecule has 48 heavy (non-hydrogen) atoms. The van der Waals surface area contributed by atoms with E-state index in [0.717, 1.165) is 59.6 Å². The molecule has 0 bridgehead atoms. The predicted molar refractivity (Wildman–Crippen MR) is 201 cm³/mol. The van der Waals surface area contributed by atoms with Gasteiger partial charge in [-0.3, -0.25) is 4.57 Å². The first kappa shape index (κ1) is 26.0. The SMILES string of the molecule is c1ccc(-c2ccc3c(c2)oc2ccc4nc(-n5c6ccccc6c6ccc(-n7c8ccccc8c8ccccc87)cc65)sc4c23)cc1. The number of para-hydroxylation sites is 3. The fourth-order valence-corrected chi connectivity index (χ4v) is 8.79. The van der Waals surface area contributed by atoms with Crippen molar-refractivity contribution in [3.05, 3.63) is 152 Å². The molecular weight excluding hydrogens is 607 g/mol. The molecule has 0 N–H and O–H groups in total. The van der Waals surface area contributed by atoms with E-state index in [2.05, 4.69) is 155 Å². The maximum absolute atomic E-state index is 6.46. The van der Waals surface area contributed by atoms with Crippen LogP contribution in [0.2, 0.25) is 0 Å². The molecule has 0 aliphatic rings. The summed E-state index contributed by atoms with van der Waals surface area (Å²) in [5.74, 6) is 0. The van der Waals surface area contributed by atoms with E-state index in [1.54, 1.807) is 11.3 Å². The van der Waals surface area contributed by atoms with Crippen LogP contribution in [0.4, 0.5) is 0 Å². The van der Waals surface area contributed by atoms with Crippen LogP contribution in [0.25, 0.3) is 97.7 Å². The lowest BCUT2D eigenvalue weighted by molar-refractivity contribution is 0.669. The average Bonchev–Trinajstić information content (AvgIpc) is 3.90. The highest BCUT2D eigenvalue weighted by Gasteiger charge is 2.20. The van der Waals surface area contributed by atoms with E-state index >= 15 is 0 Å². The fourth-order valence-electron chi connectivity index (χ4n) is 7.64. The van der Waals surface area contributed by atoms with Gasteiger partial charge in [0.1, 0.15) is 11.2 Å². The topological polar surface area (TPSA) is 35.9 Å². The van der Waals surface area contributed by atoms with Gasteiger partial charge in [-0.05, 0) is 65.7 Å².